The highest BCUT2D eigenvalue weighted by Gasteiger charge is 2.39. The molecule has 134 valence electrons. The van der Waals surface area contributed by atoms with Crippen LogP contribution in [0.25, 0.3) is 11.1 Å². The molecule has 4 N–H and O–H groups in total. The van der Waals surface area contributed by atoms with Crippen molar-refractivity contribution in [2.75, 3.05) is 0 Å². The van der Waals surface area contributed by atoms with Gasteiger partial charge in [0, 0.05) is 6.42 Å². The molecule has 2 heterocycles. The minimum Gasteiger partial charge on any atom is -0.273 e. The Bertz CT molecular complexity index is 938. The molecule has 2 fully saturated rings. The van der Waals surface area contributed by atoms with Gasteiger partial charge in [-0.2, -0.15) is 0 Å². The standard InChI is InChI=1S/C17H10N4O6/c22-12-10(13(23)19-16(26)18-12)8-5-9(7-4-2-1-3-6(7)8)11-14(24)20-17(27)21-15(11)25/h1-4H,5H2,(H2,18,19,22,23,26)(H2,20,21,24,25,27). The van der Waals surface area contributed by atoms with Crippen LogP contribution in [0, 0.1) is 0 Å². The summed E-state index contributed by atoms with van der Waals surface area (Å²) < 4.78 is 0. The lowest BCUT2D eigenvalue weighted by atomic mass is 9.98. The van der Waals surface area contributed by atoms with Gasteiger partial charge in [-0.1, -0.05) is 24.3 Å². The summed E-state index contributed by atoms with van der Waals surface area (Å²) in [5.41, 5.74) is 0.955. The molecule has 4 rings (SSSR count). The lowest BCUT2D eigenvalue weighted by molar-refractivity contribution is -0.125. The van der Waals surface area contributed by atoms with E-state index in [1.807, 2.05) is 21.3 Å². The molecule has 0 atom stereocenters. The van der Waals surface area contributed by atoms with Crippen LogP contribution >= 0.6 is 0 Å². The number of fused-ring (bicyclic) bond motifs is 1. The number of allylic oxidation sites excluding steroid dienone is 2. The summed E-state index contributed by atoms with van der Waals surface area (Å²) in [7, 11) is 0. The van der Waals surface area contributed by atoms with Gasteiger partial charge in [0.1, 0.15) is 11.1 Å². The number of rotatable bonds is 0. The Labute approximate surface area is 150 Å². The van der Waals surface area contributed by atoms with Crippen molar-refractivity contribution in [2.45, 2.75) is 6.42 Å². The smallest absolute Gasteiger partial charge is 0.273 e. The Morgan fingerprint density at radius 1 is 0.556 bits per heavy atom. The Morgan fingerprint density at radius 2 is 0.889 bits per heavy atom. The largest absolute Gasteiger partial charge is 0.328 e. The van der Waals surface area contributed by atoms with Crippen molar-refractivity contribution in [3.8, 4) is 0 Å². The Hall–Kier alpha value is -4.08. The molecule has 10 heteroatoms. The monoisotopic (exact) mass is 366 g/mol. The number of imide groups is 4. The first-order valence-corrected chi connectivity index (χ1v) is 7.76. The SMILES string of the molecule is O=C1NC(=O)C(=C2CC(=C3C(=O)NC(=O)NC3=O)c3ccccc32)C(=O)N1. The van der Waals surface area contributed by atoms with E-state index in [-0.39, 0.29) is 28.7 Å². The Balaban J connectivity index is 1.93. The Morgan fingerprint density at radius 3 is 1.22 bits per heavy atom. The first kappa shape index (κ1) is 16.4. The van der Waals surface area contributed by atoms with Crippen LogP contribution in [0.5, 0.6) is 0 Å². The van der Waals surface area contributed by atoms with Crippen molar-refractivity contribution in [1.82, 2.24) is 21.3 Å². The molecule has 1 aliphatic carbocycles. The fraction of sp³-hybridized carbons (Fsp3) is 0.0588. The maximum Gasteiger partial charge on any atom is 0.328 e. The van der Waals surface area contributed by atoms with Crippen LogP contribution in [-0.2, 0) is 19.2 Å². The third-order valence-corrected chi connectivity index (χ3v) is 4.35. The van der Waals surface area contributed by atoms with Crippen molar-refractivity contribution >= 4 is 46.8 Å². The van der Waals surface area contributed by atoms with Crippen molar-refractivity contribution < 1.29 is 28.8 Å². The average molecular weight is 366 g/mol. The van der Waals surface area contributed by atoms with Crippen LogP contribution in [0.15, 0.2) is 35.4 Å². The van der Waals surface area contributed by atoms with E-state index < -0.39 is 35.7 Å². The molecule has 1 aromatic carbocycles. The number of hydrogen-bond acceptors (Lipinski definition) is 6. The van der Waals surface area contributed by atoms with Crippen LogP contribution < -0.4 is 21.3 Å². The van der Waals surface area contributed by atoms with Gasteiger partial charge in [0.25, 0.3) is 23.6 Å². The number of benzene rings is 1. The zero-order valence-electron chi connectivity index (χ0n) is 13.5. The highest BCUT2D eigenvalue weighted by Crippen LogP contribution is 2.44. The van der Waals surface area contributed by atoms with E-state index in [1.165, 1.54) is 0 Å². The van der Waals surface area contributed by atoms with Crippen LogP contribution in [-0.4, -0.2) is 35.7 Å². The molecule has 8 amide bonds. The average Bonchev–Trinajstić information content (AvgIpc) is 2.93. The molecule has 10 nitrogen and oxygen atoms in total. The Kier molecular flexibility index (Phi) is 3.48. The molecule has 0 spiro atoms. The molecule has 27 heavy (non-hydrogen) atoms. The maximum atomic E-state index is 12.2. The summed E-state index contributed by atoms with van der Waals surface area (Å²) in [5.74, 6) is -3.47. The van der Waals surface area contributed by atoms with Crippen molar-refractivity contribution in [1.29, 1.82) is 0 Å². The third kappa shape index (κ3) is 2.51. The van der Waals surface area contributed by atoms with E-state index in [2.05, 4.69) is 0 Å². The summed E-state index contributed by atoms with van der Waals surface area (Å²) in [6, 6.07) is 4.74. The van der Waals surface area contributed by atoms with Crippen molar-refractivity contribution in [2.24, 2.45) is 0 Å². The number of amides is 8. The number of barbiturate groups is 2. The quantitative estimate of drug-likeness (QED) is 0.353. The van der Waals surface area contributed by atoms with E-state index >= 15 is 0 Å². The molecule has 0 saturated carbocycles. The van der Waals surface area contributed by atoms with E-state index in [0.717, 1.165) is 0 Å². The second-order valence-corrected chi connectivity index (χ2v) is 5.90. The van der Waals surface area contributed by atoms with Crippen molar-refractivity contribution in [3.63, 3.8) is 0 Å². The highest BCUT2D eigenvalue weighted by atomic mass is 16.2. The zero-order chi connectivity index (χ0) is 19.3. The molecule has 0 unspecified atom stereocenters. The van der Waals surface area contributed by atoms with Gasteiger partial charge in [-0.05, 0) is 22.3 Å². The van der Waals surface area contributed by atoms with E-state index in [1.54, 1.807) is 24.3 Å². The van der Waals surface area contributed by atoms with Gasteiger partial charge in [0.2, 0.25) is 0 Å². The first-order valence-electron chi connectivity index (χ1n) is 7.76. The van der Waals surface area contributed by atoms with Gasteiger partial charge < -0.3 is 0 Å². The summed E-state index contributed by atoms with van der Waals surface area (Å²) in [4.78, 5) is 71.4. The van der Waals surface area contributed by atoms with E-state index in [0.29, 0.717) is 11.1 Å². The lowest BCUT2D eigenvalue weighted by Crippen LogP contribution is -2.52. The minimum atomic E-state index is -0.927. The summed E-state index contributed by atoms with van der Waals surface area (Å²) >= 11 is 0. The maximum absolute atomic E-state index is 12.2. The van der Waals surface area contributed by atoms with Crippen LogP contribution in [0.4, 0.5) is 9.59 Å². The molecule has 0 radical (unpaired) electrons. The number of nitrogens with one attached hydrogen (secondary N) is 4. The molecule has 0 aromatic heterocycles. The zero-order valence-corrected chi connectivity index (χ0v) is 13.5. The number of urea groups is 2. The van der Waals surface area contributed by atoms with E-state index in [4.69, 9.17) is 0 Å². The summed E-state index contributed by atoms with van der Waals surface area (Å²) in [6.07, 6.45) is -0.0753. The third-order valence-electron chi connectivity index (χ3n) is 4.35. The highest BCUT2D eigenvalue weighted by molar-refractivity contribution is 6.36. The summed E-state index contributed by atoms with van der Waals surface area (Å²) in [6.45, 7) is 0. The fourth-order valence-corrected chi connectivity index (χ4v) is 3.30. The second-order valence-electron chi connectivity index (χ2n) is 5.90. The lowest BCUT2D eigenvalue weighted by Gasteiger charge is -2.17. The minimum absolute atomic E-state index is 0.0753. The normalized spacial score (nSPS) is 19.6. The fourth-order valence-electron chi connectivity index (χ4n) is 3.30. The van der Waals surface area contributed by atoms with Crippen LogP contribution in [0.3, 0.4) is 0 Å². The molecule has 3 aliphatic rings. The van der Waals surface area contributed by atoms with Gasteiger partial charge in [-0.3, -0.25) is 40.4 Å². The topological polar surface area (TPSA) is 151 Å². The number of carbonyl (C=O) groups is 6. The van der Waals surface area contributed by atoms with Gasteiger partial charge in [0.05, 0.1) is 0 Å². The molecule has 2 saturated heterocycles. The van der Waals surface area contributed by atoms with E-state index in [9.17, 15) is 28.8 Å². The molecule has 0 bridgehead atoms. The van der Waals surface area contributed by atoms with Gasteiger partial charge in [-0.25, -0.2) is 9.59 Å². The van der Waals surface area contributed by atoms with Crippen molar-refractivity contribution in [3.05, 3.63) is 46.5 Å². The van der Waals surface area contributed by atoms with Gasteiger partial charge >= 0.3 is 12.1 Å². The summed E-state index contributed by atoms with van der Waals surface area (Å²) in [5, 5.41) is 7.99. The molecule has 1 aromatic rings. The number of hydrogen-bond donors (Lipinski definition) is 4. The first-order chi connectivity index (χ1) is 12.9. The predicted molar refractivity (Wildman–Crippen MR) is 88.3 cm³/mol. The molecule has 2 aliphatic heterocycles. The van der Waals surface area contributed by atoms with Gasteiger partial charge in [-0.15, -0.1) is 0 Å². The van der Waals surface area contributed by atoms with Crippen LogP contribution in [0.2, 0.25) is 0 Å². The second kappa shape index (κ2) is 5.73. The predicted octanol–water partition coefficient (Wildman–Crippen LogP) is -0.671. The van der Waals surface area contributed by atoms with Gasteiger partial charge in [0.15, 0.2) is 0 Å². The van der Waals surface area contributed by atoms with Crippen LogP contribution in [0.1, 0.15) is 17.5 Å². The molecular weight excluding hydrogens is 356 g/mol. The molecular formula is C17H10N4O6. The number of carbonyl (C=O) groups excluding carboxylic acids is 6.